The second-order valence-corrected chi connectivity index (χ2v) is 8.23. The summed E-state index contributed by atoms with van der Waals surface area (Å²) in [5.41, 5.74) is 0.681. The first-order valence-electron chi connectivity index (χ1n) is 8.74. The molecule has 10 heteroatoms. The van der Waals surface area contributed by atoms with Crippen molar-refractivity contribution in [3.8, 4) is 11.4 Å². The van der Waals surface area contributed by atoms with E-state index >= 15 is 0 Å². The summed E-state index contributed by atoms with van der Waals surface area (Å²) in [6, 6.07) is 8.30. The number of nitrogens with one attached hydrogen (secondary N) is 2. The number of aryl methyl sites for hydroxylation is 2. The van der Waals surface area contributed by atoms with Crippen molar-refractivity contribution in [3.05, 3.63) is 63.1 Å². The molecule has 0 saturated carbocycles. The maximum Gasteiger partial charge on any atom is 0.417 e. The third-order valence-electron chi connectivity index (χ3n) is 4.55. The summed E-state index contributed by atoms with van der Waals surface area (Å²) in [6.45, 7) is 3.74. The number of anilines is 1. The molecule has 4 rings (SSSR count). The van der Waals surface area contributed by atoms with Crippen molar-refractivity contribution < 1.29 is 18.0 Å². The van der Waals surface area contributed by atoms with Crippen LogP contribution < -0.4 is 5.32 Å². The number of H-pyrrole nitrogens is 1. The lowest BCUT2D eigenvalue weighted by atomic mass is 10.1. The molecule has 2 aromatic heterocycles. The molecule has 0 saturated heterocycles. The van der Waals surface area contributed by atoms with Gasteiger partial charge in [0.05, 0.1) is 22.3 Å². The van der Waals surface area contributed by atoms with E-state index in [1.165, 1.54) is 23.5 Å². The van der Waals surface area contributed by atoms with Gasteiger partial charge in [0.2, 0.25) is 0 Å². The molecule has 0 fully saturated rings. The van der Waals surface area contributed by atoms with Crippen molar-refractivity contribution in [1.29, 1.82) is 0 Å². The van der Waals surface area contributed by atoms with Gasteiger partial charge in [0.15, 0.2) is 5.13 Å². The first-order valence-corrected chi connectivity index (χ1v) is 9.94. The van der Waals surface area contributed by atoms with Gasteiger partial charge in [0.1, 0.15) is 11.3 Å². The van der Waals surface area contributed by atoms with Gasteiger partial charge in [-0.15, -0.1) is 11.3 Å². The van der Waals surface area contributed by atoms with Crippen LogP contribution in [0.5, 0.6) is 0 Å². The number of hydrogen-bond acceptors (Lipinski definition) is 4. The number of thiazole rings is 1. The number of amides is 1. The van der Waals surface area contributed by atoms with E-state index in [9.17, 15) is 18.0 Å². The molecule has 0 atom stereocenters. The number of alkyl halides is 3. The molecule has 2 heterocycles. The summed E-state index contributed by atoms with van der Waals surface area (Å²) in [4.78, 5) is 25.2. The molecule has 2 N–H and O–H groups in total. The number of halogens is 4. The smallest absolute Gasteiger partial charge is 0.338 e. The van der Waals surface area contributed by atoms with Crippen molar-refractivity contribution in [2.75, 3.05) is 5.32 Å². The van der Waals surface area contributed by atoms with E-state index in [2.05, 4.69) is 20.3 Å². The van der Waals surface area contributed by atoms with Crippen molar-refractivity contribution in [2.24, 2.45) is 0 Å². The van der Waals surface area contributed by atoms with E-state index in [1.54, 1.807) is 18.2 Å². The molecule has 1 amide bonds. The number of rotatable bonds is 3. The second-order valence-electron chi connectivity index (χ2n) is 6.59. The predicted octanol–water partition coefficient (Wildman–Crippen LogP) is 6.23. The van der Waals surface area contributed by atoms with E-state index < -0.39 is 17.6 Å². The Balaban J connectivity index is 1.77. The van der Waals surface area contributed by atoms with Crippen LogP contribution >= 0.6 is 22.9 Å². The average Bonchev–Trinajstić information content (AvgIpc) is 3.23. The van der Waals surface area contributed by atoms with Crippen molar-refractivity contribution >= 4 is 45.0 Å². The van der Waals surface area contributed by atoms with Crippen LogP contribution in [0, 0.1) is 13.8 Å². The average molecular weight is 451 g/mol. The Bertz CT molecular complexity index is 1260. The Hall–Kier alpha value is -2.91. The summed E-state index contributed by atoms with van der Waals surface area (Å²) in [5, 5.41) is 3.13. The van der Waals surface area contributed by atoms with Crippen LogP contribution in [0.15, 0.2) is 36.4 Å². The summed E-state index contributed by atoms with van der Waals surface area (Å²) in [6.07, 6.45) is -4.61. The molecule has 0 aliphatic heterocycles. The third kappa shape index (κ3) is 3.78. The minimum Gasteiger partial charge on any atom is -0.338 e. The van der Waals surface area contributed by atoms with Gasteiger partial charge in [0.25, 0.3) is 5.91 Å². The molecule has 2 aromatic carbocycles. The zero-order valence-corrected chi connectivity index (χ0v) is 17.3. The van der Waals surface area contributed by atoms with Gasteiger partial charge >= 0.3 is 6.18 Å². The Morgan fingerprint density at radius 1 is 1.17 bits per heavy atom. The molecule has 0 aliphatic rings. The lowest BCUT2D eigenvalue weighted by Gasteiger charge is -2.11. The molecule has 0 aliphatic carbocycles. The number of hydrogen-bond donors (Lipinski definition) is 2. The normalized spacial score (nSPS) is 11.8. The molecular weight excluding hydrogens is 437 g/mol. The molecule has 0 spiro atoms. The summed E-state index contributed by atoms with van der Waals surface area (Å²) in [7, 11) is 0. The van der Waals surface area contributed by atoms with E-state index in [0.717, 1.165) is 16.6 Å². The van der Waals surface area contributed by atoms with Crippen LogP contribution in [0.4, 0.5) is 18.3 Å². The Labute approximate surface area is 177 Å². The third-order valence-corrected chi connectivity index (χ3v) is 5.77. The number of aromatic nitrogens is 3. The number of imidazole rings is 1. The van der Waals surface area contributed by atoms with Gasteiger partial charge in [0, 0.05) is 15.5 Å². The molecule has 5 nitrogen and oxygen atoms in total. The first-order chi connectivity index (χ1) is 14.1. The number of para-hydroxylation sites is 1. The summed E-state index contributed by atoms with van der Waals surface area (Å²) in [5.74, 6) is -0.449. The Kier molecular flexibility index (Phi) is 5.03. The van der Waals surface area contributed by atoms with Crippen molar-refractivity contribution in [2.45, 2.75) is 20.0 Å². The number of nitrogens with zero attached hydrogens (tertiary/aromatic N) is 2. The van der Waals surface area contributed by atoms with Gasteiger partial charge in [-0.1, -0.05) is 17.7 Å². The van der Waals surface area contributed by atoms with E-state index in [1.807, 2.05) is 13.8 Å². The van der Waals surface area contributed by atoms with E-state index in [4.69, 9.17) is 11.6 Å². The van der Waals surface area contributed by atoms with Crippen LogP contribution in [0.3, 0.4) is 0 Å². The van der Waals surface area contributed by atoms with Crippen LogP contribution in [-0.4, -0.2) is 20.9 Å². The van der Waals surface area contributed by atoms with Crippen LogP contribution in [0.1, 0.15) is 26.5 Å². The fourth-order valence-electron chi connectivity index (χ4n) is 2.99. The zero-order valence-electron chi connectivity index (χ0n) is 15.7. The largest absolute Gasteiger partial charge is 0.417 e. The van der Waals surface area contributed by atoms with Gasteiger partial charge < -0.3 is 4.98 Å². The maximum absolute atomic E-state index is 13.5. The fourth-order valence-corrected chi connectivity index (χ4v) is 3.97. The quantitative estimate of drug-likeness (QED) is 0.389. The molecule has 4 aromatic rings. The lowest BCUT2D eigenvalue weighted by Crippen LogP contribution is -2.12. The molecule has 0 unspecified atom stereocenters. The number of aromatic amines is 1. The van der Waals surface area contributed by atoms with Crippen molar-refractivity contribution in [3.63, 3.8) is 0 Å². The number of carbonyl (C=O) groups is 1. The summed E-state index contributed by atoms with van der Waals surface area (Å²) < 4.78 is 40.5. The number of fused-ring (bicyclic) bond motifs is 1. The standard InChI is InChI=1S/C20H14ClF3N4OS/c1-9-10(2)30-19(25-9)28-18(29)13-4-3-5-15-16(13)27-17(26-15)12-7-6-11(21)8-14(12)20(22,23)24/h3-8H,1-2H3,(H,26,27)(H,25,28,29). The maximum atomic E-state index is 13.5. The zero-order chi connectivity index (χ0) is 21.6. The highest BCUT2D eigenvalue weighted by Crippen LogP contribution is 2.38. The van der Waals surface area contributed by atoms with E-state index in [-0.39, 0.29) is 27.5 Å². The van der Waals surface area contributed by atoms with Gasteiger partial charge in [-0.3, -0.25) is 10.1 Å². The molecule has 0 bridgehead atoms. The minimum absolute atomic E-state index is 0.00446. The Morgan fingerprint density at radius 2 is 1.93 bits per heavy atom. The predicted molar refractivity (Wildman–Crippen MR) is 111 cm³/mol. The molecular formula is C20H14ClF3N4OS. The van der Waals surface area contributed by atoms with Crippen molar-refractivity contribution in [1.82, 2.24) is 15.0 Å². The van der Waals surface area contributed by atoms with Gasteiger partial charge in [-0.25, -0.2) is 9.97 Å². The SMILES string of the molecule is Cc1nc(NC(=O)c2cccc3[nH]c(-c4ccc(Cl)cc4C(F)(F)F)nc23)sc1C. The second kappa shape index (κ2) is 7.41. The monoisotopic (exact) mass is 450 g/mol. The summed E-state index contributed by atoms with van der Waals surface area (Å²) >= 11 is 7.10. The van der Waals surface area contributed by atoms with Crippen LogP contribution in [0.25, 0.3) is 22.4 Å². The highest BCUT2D eigenvalue weighted by atomic mass is 35.5. The highest BCUT2D eigenvalue weighted by Gasteiger charge is 2.35. The molecule has 0 radical (unpaired) electrons. The molecule has 154 valence electrons. The molecule has 30 heavy (non-hydrogen) atoms. The number of benzene rings is 2. The fraction of sp³-hybridized carbons (Fsp3) is 0.150. The highest BCUT2D eigenvalue weighted by molar-refractivity contribution is 7.15. The minimum atomic E-state index is -4.61. The van der Waals surface area contributed by atoms with E-state index in [0.29, 0.717) is 10.6 Å². The number of carbonyl (C=O) groups excluding carboxylic acids is 1. The van der Waals surface area contributed by atoms with Crippen LogP contribution in [-0.2, 0) is 6.18 Å². The lowest BCUT2D eigenvalue weighted by molar-refractivity contribution is -0.137. The first kappa shape index (κ1) is 20.4. The van der Waals surface area contributed by atoms with Gasteiger partial charge in [-0.2, -0.15) is 13.2 Å². The van der Waals surface area contributed by atoms with Crippen LogP contribution in [0.2, 0.25) is 5.02 Å². The Morgan fingerprint density at radius 3 is 2.60 bits per heavy atom. The van der Waals surface area contributed by atoms with Gasteiger partial charge in [-0.05, 0) is 44.2 Å². The topological polar surface area (TPSA) is 70.7 Å².